The molecule has 0 aliphatic heterocycles. The minimum absolute atomic E-state index is 0.106. The van der Waals surface area contributed by atoms with Gasteiger partial charge in [0.1, 0.15) is 18.1 Å². The third kappa shape index (κ3) is 7.00. The van der Waals surface area contributed by atoms with Crippen molar-refractivity contribution in [3.63, 3.8) is 0 Å². The quantitative estimate of drug-likeness (QED) is 0.371. The molecule has 0 unspecified atom stereocenters. The van der Waals surface area contributed by atoms with E-state index in [0.717, 1.165) is 35.5 Å². The highest BCUT2D eigenvalue weighted by Gasteiger charge is 2.05. The Kier molecular flexibility index (Phi) is 8.23. The molecule has 160 valence electrons. The second-order valence-electron chi connectivity index (χ2n) is 7.25. The second kappa shape index (κ2) is 11.6. The standard InChI is InChI=1S/C26H28N2O3/c1-20-17-24(30-2)16-15-22(20)12-8-14-26(29)28-27-18-23-11-6-7-13-25(23)31-19-21-9-4-3-5-10-21/h3-7,9-11,13,15-18H,8,12,14,19H2,1-2H3,(H,28,29)/b27-18-. The van der Waals surface area contributed by atoms with E-state index in [1.165, 1.54) is 11.1 Å². The van der Waals surface area contributed by atoms with Crippen molar-refractivity contribution in [1.29, 1.82) is 0 Å². The molecule has 5 nitrogen and oxygen atoms in total. The number of rotatable bonds is 10. The number of carbonyl (C=O) groups is 1. The number of para-hydroxylation sites is 1. The molecule has 31 heavy (non-hydrogen) atoms. The van der Waals surface area contributed by atoms with E-state index in [-0.39, 0.29) is 5.91 Å². The van der Waals surface area contributed by atoms with E-state index in [2.05, 4.69) is 23.5 Å². The number of amides is 1. The highest BCUT2D eigenvalue weighted by Crippen LogP contribution is 2.19. The molecule has 0 heterocycles. The van der Waals surface area contributed by atoms with Crippen molar-refractivity contribution in [3.05, 3.63) is 95.1 Å². The molecule has 3 aromatic rings. The summed E-state index contributed by atoms with van der Waals surface area (Å²) in [5, 5.41) is 4.10. The van der Waals surface area contributed by atoms with Gasteiger partial charge in [-0.2, -0.15) is 5.10 Å². The molecule has 0 aliphatic carbocycles. The van der Waals surface area contributed by atoms with Crippen molar-refractivity contribution >= 4 is 12.1 Å². The monoisotopic (exact) mass is 416 g/mol. The molecule has 0 radical (unpaired) electrons. The van der Waals surface area contributed by atoms with Gasteiger partial charge < -0.3 is 9.47 Å². The van der Waals surface area contributed by atoms with Crippen LogP contribution in [0.25, 0.3) is 0 Å². The molecule has 0 saturated carbocycles. The smallest absolute Gasteiger partial charge is 0.240 e. The summed E-state index contributed by atoms with van der Waals surface area (Å²) >= 11 is 0. The SMILES string of the molecule is COc1ccc(CCCC(=O)N/N=C\c2ccccc2OCc2ccccc2)c(C)c1. The predicted molar refractivity (Wildman–Crippen MR) is 124 cm³/mol. The van der Waals surface area contributed by atoms with Gasteiger partial charge in [-0.1, -0.05) is 48.5 Å². The number of hydrazone groups is 1. The molecule has 5 heteroatoms. The maximum absolute atomic E-state index is 12.1. The van der Waals surface area contributed by atoms with Gasteiger partial charge in [0, 0.05) is 12.0 Å². The average Bonchev–Trinajstić information content (AvgIpc) is 2.80. The summed E-state index contributed by atoms with van der Waals surface area (Å²) < 4.78 is 11.1. The molecule has 3 aromatic carbocycles. The van der Waals surface area contributed by atoms with Crippen LogP contribution in [-0.2, 0) is 17.8 Å². The Labute approximate surface area is 183 Å². The van der Waals surface area contributed by atoms with Gasteiger partial charge in [-0.05, 0) is 60.7 Å². The molecule has 0 aliphatic rings. The van der Waals surface area contributed by atoms with Crippen molar-refractivity contribution in [3.8, 4) is 11.5 Å². The maximum atomic E-state index is 12.1. The topological polar surface area (TPSA) is 59.9 Å². The molecule has 0 saturated heterocycles. The van der Waals surface area contributed by atoms with Gasteiger partial charge in [-0.3, -0.25) is 4.79 Å². The van der Waals surface area contributed by atoms with Crippen molar-refractivity contribution in [2.24, 2.45) is 5.10 Å². The van der Waals surface area contributed by atoms with Gasteiger partial charge >= 0.3 is 0 Å². The van der Waals surface area contributed by atoms with Crippen molar-refractivity contribution in [2.75, 3.05) is 7.11 Å². The largest absolute Gasteiger partial charge is 0.497 e. The highest BCUT2D eigenvalue weighted by molar-refractivity contribution is 5.85. The zero-order valence-corrected chi connectivity index (χ0v) is 18.0. The van der Waals surface area contributed by atoms with Gasteiger partial charge in [-0.15, -0.1) is 0 Å². The number of benzene rings is 3. The molecule has 0 spiro atoms. The lowest BCUT2D eigenvalue weighted by Gasteiger charge is -2.09. The number of methoxy groups -OCH3 is 1. The predicted octanol–water partition coefficient (Wildman–Crippen LogP) is 5.06. The van der Waals surface area contributed by atoms with E-state index in [0.29, 0.717) is 13.0 Å². The lowest BCUT2D eigenvalue weighted by atomic mass is 10.0. The van der Waals surface area contributed by atoms with Crippen LogP contribution in [0.15, 0.2) is 77.9 Å². The zero-order valence-electron chi connectivity index (χ0n) is 18.0. The number of aryl methyl sites for hydroxylation is 2. The van der Waals surface area contributed by atoms with E-state index < -0.39 is 0 Å². The summed E-state index contributed by atoms with van der Waals surface area (Å²) in [5.41, 5.74) is 6.91. The first-order valence-corrected chi connectivity index (χ1v) is 10.4. The Morgan fingerprint density at radius 3 is 2.58 bits per heavy atom. The van der Waals surface area contributed by atoms with Crippen LogP contribution >= 0.6 is 0 Å². The van der Waals surface area contributed by atoms with Crippen LogP contribution in [0.1, 0.15) is 35.1 Å². The molecule has 0 bridgehead atoms. The molecular weight excluding hydrogens is 388 g/mol. The Hall–Kier alpha value is -3.60. The van der Waals surface area contributed by atoms with Crippen LogP contribution < -0.4 is 14.9 Å². The number of nitrogens with one attached hydrogen (secondary N) is 1. The van der Waals surface area contributed by atoms with Crippen LogP contribution in [-0.4, -0.2) is 19.2 Å². The maximum Gasteiger partial charge on any atom is 0.240 e. The van der Waals surface area contributed by atoms with Crippen LogP contribution in [0.3, 0.4) is 0 Å². The second-order valence-corrected chi connectivity index (χ2v) is 7.25. The van der Waals surface area contributed by atoms with Crippen LogP contribution in [0, 0.1) is 6.92 Å². The molecule has 0 aromatic heterocycles. The number of ether oxygens (including phenoxy) is 2. The Morgan fingerprint density at radius 1 is 1.03 bits per heavy atom. The first kappa shape index (κ1) is 22.1. The van der Waals surface area contributed by atoms with Gasteiger partial charge in [0.05, 0.1) is 13.3 Å². The van der Waals surface area contributed by atoms with E-state index in [4.69, 9.17) is 9.47 Å². The third-order valence-corrected chi connectivity index (χ3v) is 4.95. The normalized spacial score (nSPS) is 10.8. The van der Waals surface area contributed by atoms with E-state index >= 15 is 0 Å². The fourth-order valence-electron chi connectivity index (χ4n) is 3.20. The lowest BCUT2D eigenvalue weighted by Crippen LogP contribution is -2.17. The lowest BCUT2D eigenvalue weighted by molar-refractivity contribution is -0.121. The van der Waals surface area contributed by atoms with E-state index in [1.807, 2.05) is 66.7 Å². The van der Waals surface area contributed by atoms with E-state index in [9.17, 15) is 4.79 Å². The first-order chi connectivity index (χ1) is 15.2. The third-order valence-electron chi connectivity index (χ3n) is 4.95. The van der Waals surface area contributed by atoms with Crippen molar-refractivity contribution < 1.29 is 14.3 Å². The van der Waals surface area contributed by atoms with Gasteiger partial charge in [-0.25, -0.2) is 5.43 Å². The summed E-state index contributed by atoms with van der Waals surface area (Å²) in [6.45, 7) is 2.53. The molecule has 0 atom stereocenters. The van der Waals surface area contributed by atoms with Crippen LogP contribution in [0.2, 0.25) is 0 Å². The summed E-state index contributed by atoms with van der Waals surface area (Å²) in [6, 6.07) is 23.6. The minimum Gasteiger partial charge on any atom is -0.497 e. The first-order valence-electron chi connectivity index (χ1n) is 10.4. The van der Waals surface area contributed by atoms with Crippen LogP contribution in [0.5, 0.6) is 11.5 Å². The Morgan fingerprint density at radius 2 is 1.81 bits per heavy atom. The Balaban J connectivity index is 1.46. The molecule has 3 rings (SSSR count). The summed E-state index contributed by atoms with van der Waals surface area (Å²) in [5.74, 6) is 1.46. The van der Waals surface area contributed by atoms with Crippen LogP contribution in [0.4, 0.5) is 0 Å². The Bertz CT molecular complexity index is 1020. The summed E-state index contributed by atoms with van der Waals surface area (Å²) in [7, 11) is 1.66. The summed E-state index contributed by atoms with van der Waals surface area (Å²) in [6.07, 6.45) is 3.62. The molecule has 0 fully saturated rings. The highest BCUT2D eigenvalue weighted by atomic mass is 16.5. The van der Waals surface area contributed by atoms with E-state index in [1.54, 1.807) is 13.3 Å². The number of hydrogen-bond acceptors (Lipinski definition) is 4. The number of nitrogens with zero attached hydrogens (tertiary/aromatic N) is 1. The van der Waals surface area contributed by atoms with Crippen molar-refractivity contribution in [2.45, 2.75) is 32.8 Å². The molecule has 1 amide bonds. The van der Waals surface area contributed by atoms with Gasteiger partial charge in [0.2, 0.25) is 5.91 Å². The fraction of sp³-hybridized carbons (Fsp3) is 0.231. The molecular formula is C26H28N2O3. The average molecular weight is 417 g/mol. The summed E-state index contributed by atoms with van der Waals surface area (Å²) in [4.78, 5) is 12.1. The zero-order chi connectivity index (χ0) is 21.9. The van der Waals surface area contributed by atoms with Crippen molar-refractivity contribution in [1.82, 2.24) is 5.43 Å². The molecule has 1 N–H and O–H groups in total. The van der Waals surface area contributed by atoms with Gasteiger partial charge in [0.15, 0.2) is 0 Å². The number of hydrogen-bond donors (Lipinski definition) is 1. The minimum atomic E-state index is -0.106. The van der Waals surface area contributed by atoms with Gasteiger partial charge in [0.25, 0.3) is 0 Å². The fourth-order valence-corrected chi connectivity index (χ4v) is 3.20. The number of carbonyl (C=O) groups excluding carboxylic acids is 1.